The summed E-state index contributed by atoms with van der Waals surface area (Å²) in [5.41, 5.74) is 7.76. The lowest BCUT2D eigenvalue weighted by atomic mass is 10.1. The molecule has 5 nitrogen and oxygen atoms in total. The lowest BCUT2D eigenvalue weighted by Gasteiger charge is -2.14. The van der Waals surface area contributed by atoms with Gasteiger partial charge in [0, 0.05) is 12.6 Å². The van der Waals surface area contributed by atoms with E-state index in [2.05, 4.69) is 5.32 Å². The minimum atomic E-state index is -0.213. The molecule has 4 N–H and O–H groups in total. The molecule has 0 amide bonds. The number of benzene rings is 1. The van der Waals surface area contributed by atoms with E-state index in [9.17, 15) is 0 Å². The van der Waals surface area contributed by atoms with Crippen LogP contribution >= 0.6 is 0 Å². The molecule has 19 heavy (non-hydrogen) atoms. The third-order valence-corrected chi connectivity index (χ3v) is 3.01. The summed E-state index contributed by atoms with van der Waals surface area (Å²) < 4.78 is 10.7. The topological polar surface area (TPSA) is 76.7 Å². The molecule has 1 unspecified atom stereocenters. The Bertz CT molecular complexity index is 397. The standard InChI is InChI=1S/C14H24N2O3/c1-10-6-14(19-3)11(7-13(10)18-2)4-5-16-8-12(15)9-17/h6-7,12,16-17H,4-5,8-9,15H2,1-3H3. The van der Waals surface area contributed by atoms with E-state index in [-0.39, 0.29) is 12.6 Å². The van der Waals surface area contributed by atoms with Crippen molar-refractivity contribution in [2.24, 2.45) is 5.73 Å². The minimum absolute atomic E-state index is 0.00528. The summed E-state index contributed by atoms with van der Waals surface area (Å²) >= 11 is 0. The molecular formula is C14H24N2O3. The van der Waals surface area contributed by atoms with Gasteiger partial charge in [0.05, 0.1) is 20.8 Å². The molecule has 1 rings (SSSR count). The first-order chi connectivity index (χ1) is 9.12. The average molecular weight is 268 g/mol. The molecule has 1 aromatic rings. The van der Waals surface area contributed by atoms with Crippen molar-refractivity contribution in [2.75, 3.05) is 33.9 Å². The smallest absolute Gasteiger partial charge is 0.122 e. The van der Waals surface area contributed by atoms with Crippen LogP contribution in [-0.4, -0.2) is 45.1 Å². The summed E-state index contributed by atoms with van der Waals surface area (Å²) in [6.45, 7) is 3.36. The van der Waals surface area contributed by atoms with Gasteiger partial charge in [-0.1, -0.05) is 0 Å². The van der Waals surface area contributed by atoms with Crippen molar-refractivity contribution in [3.63, 3.8) is 0 Å². The summed E-state index contributed by atoms with van der Waals surface area (Å²) in [6.07, 6.45) is 0.817. The third kappa shape index (κ3) is 4.70. The zero-order valence-corrected chi connectivity index (χ0v) is 11.9. The van der Waals surface area contributed by atoms with E-state index in [0.29, 0.717) is 6.54 Å². The highest BCUT2D eigenvalue weighted by Crippen LogP contribution is 2.28. The van der Waals surface area contributed by atoms with Gasteiger partial charge in [-0.2, -0.15) is 0 Å². The maximum atomic E-state index is 8.83. The Balaban J connectivity index is 2.61. The monoisotopic (exact) mass is 268 g/mol. The highest BCUT2D eigenvalue weighted by molar-refractivity contribution is 5.46. The molecule has 0 saturated carbocycles. The normalized spacial score (nSPS) is 12.3. The highest BCUT2D eigenvalue weighted by atomic mass is 16.5. The van der Waals surface area contributed by atoms with Crippen LogP contribution in [0.1, 0.15) is 11.1 Å². The molecule has 0 radical (unpaired) electrons. The van der Waals surface area contributed by atoms with Crippen LogP contribution in [0.4, 0.5) is 0 Å². The molecule has 0 aliphatic heterocycles. The van der Waals surface area contributed by atoms with Crippen LogP contribution in [0.2, 0.25) is 0 Å². The van der Waals surface area contributed by atoms with Crippen molar-refractivity contribution in [3.8, 4) is 11.5 Å². The van der Waals surface area contributed by atoms with Crippen molar-refractivity contribution in [3.05, 3.63) is 23.3 Å². The lowest BCUT2D eigenvalue weighted by Crippen LogP contribution is -2.37. The fraction of sp³-hybridized carbons (Fsp3) is 0.571. The first-order valence-corrected chi connectivity index (χ1v) is 6.41. The second-order valence-corrected chi connectivity index (χ2v) is 4.53. The Morgan fingerprint density at radius 3 is 2.53 bits per heavy atom. The van der Waals surface area contributed by atoms with E-state index < -0.39 is 0 Å². The number of aryl methyl sites for hydroxylation is 1. The SMILES string of the molecule is COc1cc(CCNCC(N)CO)c(OC)cc1C. The van der Waals surface area contributed by atoms with Crippen LogP contribution < -0.4 is 20.5 Å². The van der Waals surface area contributed by atoms with Gasteiger partial charge in [-0.15, -0.1) is 0 Å². The predicted octanol–water partition coefficient (Wildman–Crippen LogP) is 0.464. The average Bonchev–Trinajstić information content (AvgIpc) is 2.43. The van der Waals surface area contributed by atoms with E-state index in [1.165, 1.54) is 0 Å². The molecule has 0 heterocycles. The fourth-order valence-electron chi connectivity index (χ4n) is 1.88. The Kier molecular flexibility index (Phi) is 6.62. The van der Waals surface area contributed by atoms with Gasteiger partial charge in [-0.05, 0) is 43.1 Å². The largest absolute Gasteiger partial charge is 0.496 e. The van der Waals surface area contributed by atoms with Crippen LogP contribution in [0.25, 0.3) is 0 Å². The number of hydrogen-bond acceptors (Lipinski definition) is 5. The van der Waals surface area contributed by atoms with Gasteiger partial charge in [0.15, 0.2) is 0 Å². The van der Waals surface area contributed by atoms with Gasteiger partial charge < -0.3 is 25.6 Å². The van der Waals surface area contributed by atoms with Crippen LogP contribution in [0.5, 0.6) is 11.5 Å². The summed E-state index contributed by atoms with van der Waals surface area (Å²) in [4.78, 5) is 0. The summed E-state index contributed by atoms with van der Waals surface area (Å²) in [5.74, 6) is 1.73. The van der Waals surface area contributed by atoms with E-state index >= 15 is 0 Å². The second kappa shape index (κ2) is 7.99. The summed E-state index contributed by atoms with van der Waals surface area (Å²) in [6, 6.07) is 3.77. The molecule has 0 aromatic heterocycles. The van der Waals surface area contributed by atoms with Crippen LogP contribution in [0.15, 0.2) is 12.1 Å². The maximum Gasteiger partial charge on any atom is 0.122 e. The molecular weight excluding hydrogens is 244 g/mol. The zero-order valence-electron chi connectivity index (χ0n) is 11.9. The number of nitrogens with one attached hydrogen (secondary N) is 1. The Morgan fingerprint density at radius 1 is 1.26 bits per heavy atom. The quantitative estimate of drug-likeness (QED) is 0.597. The molecule has 0 saturated heterocycles. The number of ether oxygens (including phenoxy) is 2. The van der Waals surface area contributed by atoms with Crippen molar-refractivity contribution in [2.45, 2.75) is 19.4 Å². The molecule has 0 aliphatic carbocycles. The molecule has 108 valence electrons. The molecule has 0 bridgehead atoms. The summed E-state index contributed by atoms with van der Waals surface area (Å²) in [5, 5.41) is 12.0. The highest BCUT2D eigenvalue weighted by Gasteiger charge is 2.08. The van der Waals surface area contributed by atoms with E-state index in [1.54, 1.807) is 14.2 Å². The molecule has 1 aromatic carbocycles. The second-order valence-electron chi connectivity index (χ2n) is 4.53. The van der Waals surface area contributed by atoms with Gasteiger partial charge in [0.2, 0.25) is 0 Å². The van der Waals surface area contributed by atoms with Gasteiger partial charge in [0.1, 0.15) is 11.5 Å². The first kappa shape index (κ1) is 15.8. The number of aliphatic hydroxyl groups is 1. The molecule has 0 spiro atoms. The fourth-order valence-corrected chi connectivity index (χ4v) is 1.88. The number of aliphatic hydroxyl groups excluding tert-OH is 1. The molecule has 5 heteroatoms. The van der Waals surface area contributed by atoms with Gasteiger partial charge in [-0.25, -0.2) is 0 Å². The predicted molar refractivity (Wildman–Crippen MR) is 75.9 cm³/mol. The van der Waals surface area contributed by atoms with Crippen LogP contribution in [-0.2, 0) is 6.42 Å². The maximum absolute atomic E-state index is 8.83. The van der Waals surface area contributed by atoms with Crippen molar-refractivity contribution < 1.29 is 14.6 Å². The van der Waals surface area contributed by atoms with Gasteiger partial charge in [-0.3, -0.25) is 0 Å². The Labute approximate surface area is 114 Å². The van der Waals surface area contributed by atoms with Crippen molar-refractivity contribution in [1.82, 2.24) is 5.32 Å². The van der Waals surface area contributed by atoms with E-state index in [1.807, 2.05) is 19.1 Å². The zero-order chi connectivity index (χ0) is 14.3. The Hall–Kier alpha value is -1.30. The van der Waals surface area contributed by atoms with Crippen molar-refractivity contribution >= 4 is 0 Å². The summed E-state index contributed by atoms with van der Waals surface area (Å²) in [7, 11) is 3.33. The first-order valence-electron chi connectivity index (χ1n) is 6.41. The molecule has 0 aliphatic rings. The van der Waals surface area contributed by atoms with E-state index in [4.69, 9.17) is 20.3 Å². The minimum Gasteiger partial charge on any atom is -0.496 e. The molecule has 0 fully saturated rings. The third-order valence-electron chi connectivity index (χ3n) is 3.01. The number of methoxy groups -OCH3 is 2. The lowest BCUT2D eigenvalue weighted by molar-refractivity contribution is 0.262. The van der Waals surface area contributed by atoms with Gasteiger partial charge >= 0.3 is 0 Å². The molecule has 1 atom stereocenters. The Morgan fingerprint density at radius 2 is 1.95 bits per heavy atom. The van der Waals surface area contributed by atoms with Gasteiger partial charge in [0.25, 0.3) is 0 Å². The van der Waals surface area contributed by atoms with Crippen molar-refractivity contribution in [1.29, 1.82) is 0 Å². The number of hydrogen-bond donors (Lipinski definition) is 3. The van der Waals surface area contributed by atoms with Crippen LogP contribution in [0.3, 0.4) is 0 Å². The number of nitrogens with two attached hydrogens (primary N) is 1. The number of rotatable bonds is 8. The van der Waals surface area contributed by atoms with Crippen LogP contribution in [0, 0.1) is 6.92 Å². The van der Waals surface area contributed by atoms with E-state index in [0.717, 1.165) is 35.6 Å².